The van der Waals surface area contributed by atoms with Crippen LogP contribution in [0.1, 0.15) is 26.3 Å². The number of hydrogen-bond donors (Lipinski definition) is 0. The first-order valence-electron chi connectivity index (χ1n) is 4.55. The molecule has 0 amide bonds. The summed E-state index contributed by atoms with van der Waals surface area (Å²) < 4.78 is 42.9. The van der Waals surface area contributed by atoms with Crippen molar-refractivity contribution < 1.29 is 17.9 Å². The van der Waals surface area contributed by atoms with E-state index < -0.39 is 17.3 Å². The van der Waals surface area contributed by atoms with E-state index in [1.54, 1.807) is 20.8 Å². The van der Waals surface area contributed by atoms with E-state index in [2.05, 4.69) is 0 Å². The van der Waals surface area contributed by atoms with Crippen molar-refractivity contribution in [1.29, 1.82) is 0 Å². The highest BCUT2D eigenvalue weighted by Crippen LogP contribution is 2.37. The van der Waals surface area contributed by atoms with Crippen molar-refractivity contribution in [3.05, 3.63) is 29.8 Å². The van der Waals surface area contributed by atoms with Crippen molar-refractivity contribution in [2.75, 3.05) is 0 Å². The monoisotopic (exact) mass is 218 g/mol. The summed E-state index contributed by atoms with van der Waals surface area (Å²) in [5, 5.41) is 0. The van der Waals surface area contributed by atoms with Crippen LogP contribution in [0, 0.1) is 0 Å². The van der Waals surface area contributed by atoms with Crippen LogP contribution >= 0.6 is 0 Å². The Labute approximate surface area is 86.9 Å². The Kier molecular flexibility index (Phi) is 2.98. The summed E-state index contributed by atoms with van der Waals surface area (Å²) in [4.78, 5) is 0. The van der Waals surface area contributed by atoms with Gasteiger partial charge in [0.1, 0.15) is 11.4 Å². The van der Waals surface area contributed by atoms with E-state index in [1.807, 2.05) is 0 Å². The predicted octanol–water partition coefficient (Wildman–Crippen LogP) is 3.88. The lowest BCUT2D eigenvalue weighted by Crippen LogP contribution is -2.24. The minimum Gasteiger partial charge on any atom is -0.488 e. The number of rotatable bonds is 1. The number of para-hydroxylation sites is 1. The van der Waals surface area contributed by atoms with Crippen LogP contribution in [0.15, 0.2) is 24.3 Å². The Bertz CT molecular complexity index is 336. The number of alkyl halides is 3. The highest BCUT2D eigenvalue weighted by Gasteiger charge is 2.34. The molecule has 0 bridgehead atoms. The normalized spacial score (nSPS) is 12.7. The number of ether oxygens (including phenoxy) is 1. The van der Waals surface area contributed by atoms with Crippen LogP contribution in [-0.4, -0.2) is 5.60 Å². The molecule has 0 unspecified atom stereocenters. The molecule has 0 atom stereocenters. The van der Waals surface area contributed by atoms with E-state index in [0.29, 0.717) is 0 Å². The maximum Gasteiger partial charge on any atom is 0.419 e. The van der Waals surface area contributed by atoms with Crippen molar-refractivity contribution >= 4 is 0 Å². The molecular formula is C11H13F3O. The molecule has 1 aromatic carbocycles. The molecule has 4 heteroatoms. The second kappa shape index (κ2) is 3.76. The molecule has 0 heterocycles. The summed E-state index contributed by atoms with van der Waals surface area (Å²) >= 11 is 0. The summed E-state index contributed by atoms with van der Waals surface area (Å²) in [6.07, 6.45) is -4.37. The Morgan fingerprint density at radius 1 is 1.00 bits per heavy atom. The molecule has 0 fully saturated rings. The van der Waals surface area contributed by atoms with Gasteiger partial charge in [0.05, 0.1) is 5.56 Å². The number of benzene rings is 1. The minimum absolute atomic E-state index is 0.127. The van der Waals surface area contributed by atoms with Gasteiger partial charge in [0, 0.05) is 0 Å². The van der Waals surface area contributed by atoms with E-state index in [9.17, 15) is 13.2 Å². The zero-order chi connectivity index (χ0) is 11.7. The molecule has 0 aromatic heterocycles. The average Bonchev–Trinajstić information content (AvgIpc) is 1.99. The standard InChI is InChI=1S/C11H13F3O/c1-10(2,3)15-9-7-5-4-6-8(9)11(12,13)14/h4-7H,1-3H3. The van der Waals surface area contributed by atoms with Crippen LogP contribution in [0.25, 0.3) is 0 Å². The highest BCUT2D eigenvalue weighted by atomic mass is 19.4. The maximum atomic E-state index is 12.5. The third-order valence-corrected chi connectivity index (χ3v) is 1.61. The van der Waals surface area contributed by atoms with Gasteiger partial charge in [0.2, 0.25) is 0 Å². The van der Waals surface area contributed by atoms with E-state index in [4.69, 9.17) is 4.74 Å². The van der Waals surface area contributed by atoms with E-state index >= 15 is 0 Å². The molecule has 0 spiro atoms. The van der Waals surface area contributed by atoms with Gasteiger partial charge < -0.3 is 4.74 Å². The molecule has 1 aromatic rings. The zero-order valence-electron chi connectivity index (χ0n) is 8.85. The Morgan fingerprint density at radius 2 is 1.53 bits per heavy atom. The third kappa shape index (κ3) is 3.46. The van der Waals surface area contributed by atoms with Gasteiger partial charge in [-0.05, 0) is 32.9 Å². The Morgan fingerprint density at radius 3 is 2.00 bits per heavy atom. The zero-order valence-corrected chi connectivity index (χ0v) is 8.85. The smallest absolute Gasteiger partial charge is 0.419 e. The fourth-order valence-corrected chi connectivity index (χ4v) is 1.12. The molecular weight excluding hydrogens is 205 g/mol. The topological polar surface area (TPSA) is 9.23 Å². The van der Waals surface area contributed by atoms with Crippen LogP contribution in [0.4, 0.5) is 13.2 Å². The van der Waals surface area contributed by atoms with Gasteiger partial charge >= 0.3 is 6.18 Å². The van der Waals surface area contributed by atoms with Crippen LogP contribution in [0.5, 0.6) is 5.75 Å². The van der Waals surface area contributed by atoms with Gasteiger partial charge in [-0.2, -0.15) is 13.2 Å². The summed E-state index contributed by atoms with van der Waals surface area (Å²) in [5.74, 6) is -0.127. The summed E-state index contributed by atoms with van der Waals surface area (Å²) in [5.41, 5.74) is -1.37. The molecule has 84 valence electrons. The van der Waals surface area contributed by atoms with E-state index in [0.717, 1.165) is 6.07 Å². The van der Waals surface area contributed by atoms with Crippen LogP contribution < -0.4 is 4.74 Å². The molecule has 0 radical (unpaired) electrons. The third-order valence-electron chi connectivity index (χ3n) is 1.61. The second-order valence-corrected chi connectivity index (χ2v) is 4.21. The maximum absolute atomic E-state index is 12.5. The summed E-state index contributed by atoms with van der Waals surface area (Å²) in [6, 6.07) is 5.21. The molecule has 15 heavy (non-hydrogen) atoms. The molecule has 0 aliphatic carbocycles. The molecule has 0 saturated heterocycles. The highest BCUT2D eigenvalue weighted by molar-refractivity contribution is 5.35. The SMILES string of the molecule is CC(C)(C)Oc1ccccc1C(F)(F)F. The van der Waals surface area contributed by atoms with Crippen LogP contribution in [-0.2, 0) is 6.18 Å². The van der Waals surface area contributed by atoms with Crippen molar-refractivity contribution in [2.24, 2.45) is 0 Å². The molecule has 1 nitrogen and oxygen atoms in total. The first-order chi connectivity index (χ1) is 6.70. The molecule has 0 saturated carbocycles. The van der Waals surface area contributed by atoms with Gasteiger partial charge in [-0.15, -0.1) is 0 Å². The number of hydrogen-bond acceptors (Lipinski definition) is 1. The summed E-state index contributed by atoms with van der Waals surface area (Å²) in [7, 11) is 0. The van der Waals surface area contributed by atoms with Crippen molar-refractivity contribution in [1.82, 2.24) is 0 Å². The molecule has 0 N–H and O–H groups in total. The van der Waals surface area contributed by atoms with Crippen molar-refractivity contribution in [3.63, 3.8) is 0 Å². The molecule has 0 aliphatic heterocycles. The molecule has 0 aliphatic rings. The Hall–Kier alpha value is -1.19. The first kappa shape index (κ1) is 11.9. The lowest BCUT2D eigenvalue weighted by Gasteiger charge is -2.23. The van der Waals surface area contributed by atoms with Crippen LogP contribution in [0.3, 0.4) is 0 Å². The summed E-state index contributed by atoms with van der Waals surface area (Å²) in [6.45, 7) is 5.13. The van der Waals surface area contributed by atoms with Crippen LogP contribution in [0.2, 0.25) is 0 Å². The minimum atomic E-state index is -4.37. The van der Waals surface area contributed by atoms with Gasteiger partial charge in [0.15, 0.2) is 0 Å². The lowest BCUT2D eigenvalue weighted by molar-refractivity contribution is -0.139. The lowest BCUT2D eigenvalue weighted by atomic mass is 10.1. The van der Waals surface area contributed by atoms with E-state index in [-0.39, 0.29) is 5.75 Å². The number of halogens is 3. The molecule has 1 rings (SSSR count). The van der Waals surface area contributed by atoms with E-state index in [1.165, 1.54) is 18.2 Å². The fourth-order valence-electron chi connectivity index (χ4n) is 1.12. The van der Waals surface area contributed by atoms with Crippen molar-refractivity contribution in [2.45, 2.75) is 32.5 Å². The van der Waals surface area contributed by atoms with Gasteiger partial charge in [-0.3, -0.25) is 0 Å². The quantitative estimate of drug-likeness (QED) is 0.695. The largest absolute Gasteiger partial charge is 0.488 e. The second-order valence-electron chi connectivity index (χ2n) is 4.21. The van der Waals surface area contributed by atoms with Gasteiger partial charge in [-0.25, -0.2) is 0 Å². The van der Waals surface area contributed by atoms with Crippen molar-refractivity contribution in [3.8, 4) is 5.75 Å². The fraction of sp³-hybridized carbons (Fsp3) is 0.455. The Balaban J connectivity index is 3.08. The van der Waals surface area contributed by atoms with Gasteiger partial charge in [-0.1, -0.05) is 12.1 Å². The predicted molar refractivity (Wildman–Crippen MR) is 51.8 cm³/mol. The van der Waals surface area contributed by atoms with Gasteiger partial charge in [0.25, 0.3) is 0 Å². The average molecular weight is 218 g/mol. The first-order valence-corrected chi connectivity index (χ1v) is 4.55.